The molecule has 6 heteroatoms. The second kappa shape index (κ2) is 50.7. The van der Waals surface area contributed by atoms with Gasteiger partial charge in [-0.3, -0.25) is 14.4 Å². The van der Waals surface area contributed by atoms with Gasteiger partial charge < -0.3 is 14.2 Å². The minimum Gasteiger partial charge on any atom is -0.462 e. The molecule has 0 aromatic heterocycles. The number of carbonyl (C=O) groups is 3. The summed E-state index contributed by atoms with van der Waals surface area (Å²) in [6.45, 7) is 6.37. The van der Waals surface area contributed by atoms with Crippen molar-refractivity contribution in [2.75, 3.05) is 13.2 Å². The van der Waals surface area contributed by atoms with Gasteiger partial charge in [0.05, 0.1) is 0 Å². The lowest BCUT2D eigenvalue weighted by atomic mass is 10.1. The zero-order valence-corrected chi connectivity index (χ0v) is 40.5. The summed E-state index contributed by atoms with van der Waals surface area (Å²) in [4.78, 5) is 37.9. The average molecular weight is 873 g/mol. The molecule has 1 atom stereocenters. The van der Waals surface area contributed by atoms with Gasteiger partial charge in [0.2, 0.25) is 0 Å². The molecule has 0 fully saturated rings. The molecule has 356 valence electrons. The topological polar surface area (TPSA) is 78.9 Å². The van der Waals surface area contributed by atoms with E-state index in [1.165, 1.54) is 83.5 Å². The lowest BCUT2D eigenvalue weighted by Crippen LogP contribution is -2.30. The van der Waals surface area contributed by atoms with Crippen molar-refractivity contribution in [1.82, 2.24) is 0 Å². The third-order valence-electron chi connectivity index (χ3n) is 10.4. The maximum Gasteiger partial charge on any atom is 0.306 e. The van der Waals surface area contributed by atoms with Gasteiger partial charge in [-0.05, 0) is 96.3 Å². The van der Waals surface area contributed by atoms with Gasteiger partial charge >= 0.3 is 17.9 Å². The highest BCUT2D eigenvalue weighted by atomic mass is 16.6. The predicted molar refractivity (Wildman–Crippen MR) is 270 cm³/mol. The van der Waals surface area contributed by atoms with Gasteiger partial charge in [-0.1, -0.05) is 207 Å². The first-order valence-corrected chi connectivity index (χ1v) is 25.5. The molecule has 0 heterocycles. The summed E-state index contributed by atoms with van der Waals surface area (Å²) in [5, 5.41) is 0. The third-order valence-corrected chi connectivity index (χ3v) is 10.4. The second-order valence-electron chi connectivity index (χ2n) is 16.5. The number of hydrogen-bond donors (Lipinski definition) is 0. The van der Waals surface area contributed by atoms with Crippen LogP contribution >= 0.6 is 0 Å². The SMILES string of the molecule is CC\C=C/C=C\C=C/C=C\C=C/CCCCCC(=O)OC(COC(=O)CCC/C=C\C/C=C\C/C=C\CCCCCCCC)COC(=O)CCCCC/C=C\CCCCCCCC. The van der Waals surface area contributed by atoms with Crippen LogP contribution in [-0.2, 0) is 28.6 Å². The summed E-state index contributed by atoms with van der Waals surface area (Å²) in [5.74, 6) is -1.04. The van der Waals surface area contributed by atoms with E-state index >= 15 is 0 Å². The van der Waals surface area contributed by atoms with Gasteiger partial charge in [0.1, 0.15) is 13.2 Å². The summed E-state index contributed by atoms with van der Waals surface area (Å²) in [7, 11) is 0. The number of hydrogen-bond acceptors (Lipinski definition) is 6. The molecule has 0 rings (SSSR count). The molecule has 0 saturated heterocycles. The molecule has 0 radical (unpaired) electrons. The highest BCUT2D eigenvalue weighted by Gasteiger charge is 2.19. The number of esters is 3. The Hall–Kier alpha value is -3.93. The van der Waals surface area contributed by atoms with Crippen molar-refractivity contribution in [2.24, 2.45) is 0 Å². The van der Waals surface area contributed by atoms with E-state index < -0.39 is 6.10 Å². The van der Waals surface area contributed by atoms with Crippen LogP contribution in [0.2, 0.25) is 0 Å². The first-order valence-electron chi connectivity index (χ1n) is 25.5. The van der Waals surface area contributed by atoms with E-state index in [1.54, 1.807) is 0 Å². The molecule has 0 aromatic rings. The Morgan fingerprint density at radius 3 is 1.19 bits per heavy atom. The van der Waals surface area contributed by atoms with E-state index in [4.69, 9.17) is 14.2 Å². The number of ether oxygens (including phenoxy) is 3. The van der Waals surface area contributed by atoms with Crippen LogP contribution in [0.4, 0.5) is 0 Å². The van der Waals surface area contributed by atoms with E-state index in [0.29, 0.717) is 19.3 Å². The summed E-state index contributed by atoms with van der Waals surface area (Å²) >= 11 is 0. The molecule has 0 bridgehead atoms. The van der Waals surface area contributed by atoms with Crippen LogP contribution in [0, 0.1) is 0 Å². The molecule has 0 N–H and O–H groups in total. The Balaban J connectivity index is 4.58. The minimum atomic E-state index is -0.827. The van der Waals surface area contributed by atoms with E-state index in [2.05, 4.69) is 81.5 Å². The molecule has 1 unspecified atom stereocenters. The molecule has 0 aliphatic heterocycles. The van der Waals surface area contributed by atoms with Crippen molar-refractivity contribution in [3.8, 4) is 0 Å². The number of carbonyl (C=O) groups excluding carboxylic acids is 3. The lowest BCUT2D eigenvalue weighted by molar-refractivity contribution is -0.167. The fourth-order valence-electron chi connectivity index (χ4n) is 6.53. The van der Waals surface area contributed by atoms with Crippen LogP contribution < -0.4 is 0 Å². The van der Waals surface area contributed by atoms with Gasteiger partial charge in [-0.25, -0.2) is 0 Å². The molecule has 0 saturated carbocycles. The first kappa shape index (κ1) is 59.1. The Labute approximate surface area is 387 Å². The standard InChI is InChI=1S/C57H92O6/c1-4-7-10-13-16-19-22-25-27-28-30-32-35-38-41-44-47-50-56(59)62-53-54(52-61-55(58)49-46-43-40-37-34-31-24-21-18-15-12-9-6-3)63-57(60)51-48-45-42-39-36-33-29-26-23-20-17-14-11-8-5-2/h8,11,14,17,20,23,25-27,29-34,36,38,41,54H,4-7,9-10,12-13,15-16,18-19,21-22,24,28,35,37,39-40,42-53H2,1-3H3/b11-8-,17-14-,23-20-,27-25-,29-26-,32-30-,34-31-,36-33-,41-38-. The van der Waals surface area contributed by atoms with Crippen LogP contribution in [0.1, 0.15) is 213 Å². The zero-order valence-electron chi connectivity index (χ0n) is 40.5. The average Bonchev–Trinajstić information content (AvgIpc) is 3.28. The van der Waals surface area contributed by atoms with Crippen molar-refractivity contribution in [1.29, 1.82) is 0 Å². The van der Waals surface area contributed by atoms with Crippen molar-refractivity contribution >= 4 is 17.9 Å². The molecule has 0 amide bonds. The maximum atomic E-state index is 12.8. The van der Waals surface area contributed by atoms with Gasteiger partial charge in [-0.2, -0.15) is 0 Å². The van der Waals surface area contributed by atoms with Crippen molar-refractivity contribution in [3.05, 3.63) is 109 Å². The van der Waals surface area contributed by atoms with Crippen LogP contribution in [-0.4, -0.2) is 37.2 Å². The molecular formula is C57H92O6. The van der Waals surface area contributed by atoms with Gasteiger partial charge in [0.15, 0.2) is 6.10 Å². The summed E-state index contributed by atoms with van der Waals surface area (Å²) in [5.41, 5.74) is 0. The zero-order chi connectivity index (χ0) is 45.8. The Morgan fingerprint density at radius 1 is 0.349 bits per heavy atom. The molecule has 0 aromatic carbocycles. The quantitative estimate of drug-likeness (QED) is 0.0199. The molecule has 63 heavy (non-hydrogen) atoms. The monoisotopic (exact) mass is 873 g/mol. The largest absolute Gasteiger partial charge is 0.462 e. The predicted octanol–water partition coefficient (Wildman–Crippen LogP) is 16.8. The van der Waals surface area contributed by atoms with Gasteiger partial charge in [0, 0.05) is 19.3 Å². The maximum absolute atomic E-state index is 12.8. The van der Waals surface area contributed by atoms with Gasteiger partial charge in [-0.15, -0.1) is 0 Å². The highest BCUT2D eigenvalue weighted by molar-refractivity contribution is 5.71. The highest BCUT2D eigenvalue weighted by Crippen LogP contribution is 2.12. The Bertz CT molecular complexity index is 1330. The smallest absolute Gasteiger partial charge is 0.306 e. The van der Waals surface area contributed by atoms with Crippen LogP contribution in [0.3, 0.4) is 0 Å². The van der Waals surface area contributed by atoms with E-state index in [-0.39, 0.29) is 44.0 Å². The lowest BCUT2D eigenvalue weighted by Gasteiger charge is -2.18. The molecule has 6 nitrogen and oxygen atoms in total. The fourth-order valence-corrected chi connectivity index (χ4v) is 6.53. The fraction of sp³-hybridized carbons (Fsp3) is 0.632. The minimum absolute atomic E-state index is 0.121. The number of rotatable bonds is 44. The number of allylic oxidation sites excluding steroid dienone is 18. The number of unbranched alkanes of at least 4 members (excludes halogenated alkanes) is 19. The second-order valence-corrected chi connectivity index (χ2v) is 16.5. The van der Waals surface area contributed by atoms with Crippen molar-refractivity contribution in [3.63, 3.8) is 0 Å². The van der Waals surface area contributed by atoms with Gasteiger partial charge in [0.25, 0.3) is 0 Å². The van der Waals surface area contributed by atoms with E-state index in [1.807, 2.05) is 48.6 Å². The molecular weight excluding hydrogens is 781 g/mol. The Kier molecular flexibility index (Phi) is 47.5. The van der Waals surface area contributed by atoms with E-state index in [0.717, 1.165) is 77.0 Å². The van der Waals surface area contributed by atoms with E-state index in [9.17, 15) is 14.4 Å². The first-order chi connectivity index (χ1) is 31.0. The van der Waals surface area contributed by atoms with Crippen LogP contribution in [0.25, 0.3) is 0 Å². The molecule has 0 aliphatic carbocycles. The van der Waals surface area contributed by atoms with Crippen molar-refractivity contribution in [2.45, 2.75) is 219 Å². The van der Waals surface area contributed by atoms with Crippen molar-refractivity contribution < 1.29 is 28.6 Å². The molecule has 0 aliphatic rings. The molecule has 0 spiro atoms. The normalized spacial score (nSPS) is 13.0. The Morgan fingerprint density at radius 2 is 0.698 bits per heavy atom. The third kappa shape index (κ3) is 49.0. The van der Waals surface area contributed by atoms with Crippen LogP contribution in [0.15, 0.2) is 109 Å². The summed E-state index contributed by atoms with van der Waals surface area (Å²) < 4.78 is 16.7. The summed E-state index contributed by atoms with van der Waals surface area (Å²) in [6, 6.07) is 0. The van der Waals surface area contributed by atoms with Crippen LogP contribution in [0.5, 0.6) is 0 Å². The summed E-state index contributed by atoms with van der Waals surface area (Å²) in [6.07, 6.45) is 67.9.